The van der Waals surface area contributed by atoms with E-state index >= 15 is 0 Å². The Balaban J connectivity index is 2.15. The van der Waals surface area contributed by atoms with Crippen molar-refractivity contribution in [2.75, 3.05) is 11.9 Å². The number of rotatable bonds is 4. The van der Waals surface area contributed by atoms with E-state index in [2.05, 4.69) is 5.32 Å². The molecule has 0 saturated carbocycles. The van der Waals surface area contributed by atoms with E-state index in [1.54, 1.807) is 42.5 Å². The van der Waals surface area contributed by atoms with Crippen molar-refractivity contribution < 1.29 is 13.2 Å². The largest absolute Gasteiger partial charge is 0.406 e. The second-order valence-corrected chi connectivity index (χ2v) is 6.14. The number of halogens is 4. The van der Waals surface area contributed by atoms with Crippen LogP contribution in [0.3, 0.4) is 0 Å². The van der Waals surface area contributed by atoms with Crippen LogP contribution >= 0.6 is 23.8 Å². The highest BCUT2D eigenvalue weighted by molar-refractivity contribution is 7.80. The molecule has 128 valence electrons. The van der Waals surface area contributed by atoms with Gasteiger partial charge in [0.05, 0.1) is 0 Å². The molecule has 2 aromatic carbocycles. The Labute approximate surface area is 149 Å². The molecule has 2 aromatic rings. The molecule has 0 saturated heterocycles. The zero-order valence-corrected chi connectivity index (χ0v) is 14.5. The summed E-state index contributed by atoms with van der Waals surface area (Å²) < 4.78 is 38.6. The van der Waals surface area contributed by atoms with Crippen LogP contribution in [-0.2, 0) is 6.54 Å². The van der Waals surface area contributed by atoms with Gasteiger partial charge < -0.3 is 10.2 Å². The molecular formula is C17H16ClF3N2S. The first-order valence-electron chi connectivity index (χ1n) is 7.17. The maximum absolute atomic E-state index is 12.9. The summed E-state index contributed by atoms with van der Waals surface area (Å²) in [6, 6.07) is 14.0. The zero-order valence-electron chi connectivity index (χ0n) is 12.9. The number of hydrogen-bond acceptors (Lipinski definition) is 1. The topological polar surface area (TPSA) is 15.3 Å². The molecule has 2 rings (SSSR count). The molecule has 2 nitrogen and oxygen atoms in total. The van der Waals surface area contributed by atoms with Crippen molar-refractivity contribution in [3.8, 4) is 0 Å². The van der Waals surface area contributed by atoms with Crippen LogP contribution in [0.4, 0.5) is 18.9 Å². The number of nitrogens with zero attached hydrogens (tertiary/aromatic N) is 1. The lowest BCUT2D eigenvalue weighted by Crippen LogP contribution is -2.40. The van der Waals surface area contributed by atoms with Crippen LogP contribution in [0.25, 0.3) is 0 Å². The second-order valence-electron chi connectivity index (χ2n) is 5.35. The van der Waals surface area contributed by atoms with Crippen LogP contribution in [0.5, 0.6) is 0 Å². The summed E-state index contributed by atoms with van der Waals surface area (Å²) in [5, 5.41) is 3.34. The minimum atomic E-state index is -4.36. The fourth-order valence-electron chi connectivity index (χ4n) is 2.09. The van der Waals surface area contributed by atoms with Crippen molar-refractivity contribution in [3.63, 3.8) is 0 Å². The van der Waals surface area contributed by atoms with Gasteiger partial charge in [-0.1, -0.05) is 48.0 Å². The summed E-state index contributed by atoms with van der Waals surface area (Å²) in [4.78, 5) is 1.08. The van der Waals surface area contributed by atoms with Gasteiger partial charge in [0.2, 0.25) is 0 Å². The first kappa shape index (κ1) is 18.5. The first-order chi connectivity index (χ1) is 11.2. The summed E-state index contributed by atoms with van der Waals surface area (Å²) in [7, 11) is 0. The predicted molar refractivity (Wildman–Crippen MR) is 95.3 cm³/mol. The first-order valence-corrected chi connectivity index (χ1v) is 7.96. The molecule has 7 heteroatoms. The van der Waals surface area contributed by atoms with Crippen LogP contribution in [0.1, 0.15) is 11.1 Å². The monoisotopic (exact) mass is 372 g/mol. The van der Waals surface area contributed by atoms with Gasteiger partial charge in [-0.25, -0.2) is 0 Å². The highest BCUT2D eigenvalue weighted by Crippen LogP contribution is 2.22. The van der Waals surface area contributed by atoms with Crippen molar-refractivity contribution in [1.29, 1.82) is 0 Å². The van der Waals surface area contributed by atoms with Gasteiger partial charge in [-0.05, 0) is 42.4 Å². The van der Waals surface area contributed by atoms with Crippen LogP contribution in [-0.4, -0.2) is 22.7 Å². The highest BCUT2D eigenvalue weighted by Gasteiger charge is 2.32. The van der Waals surface area contributed by atoms with Crippen LogP contribution in [0.2, 0.25) is 5.02 Å². The Bertz CT molecular complexity index is 705. The smallest absolute Gasteiger partial charge is 0.336 e. The van der Waals surface area contributed by atoms with E-state index in [1.807, 2.05) is 13.0 Å². The Kier molecular flexibility index (Phi) is 6.07. The number of hydrogen-bond donors (Lipinski definition) is 1. The minimum Gasteiger partial charge on any atom is -0.336 e. The Morgan fingerprint density at radius 2 is 1.83 bits per heavy atom. The van der Waals surface area contributed by atoms with Gasteiger partial charge in [0.15, 0.2) is 5.11 Å². The van der Waals surface area contributed by atoms with E-state index in [1.165, 1.54) is 0 Å². The lowest BCUT2D eigenvalue weighted by atomic mass is 10.2. The SMILES string of the molecule is Cc1ccc(NC(=S)N(Cc2ccccc2)CC(F)(F)F)cc1Cl. The number of benzene rings is 2. The fourth-order valence-corrected chi connectivity index (χ4v) is 2.52. The maximum Gasteiger partial charge on any atom is 0.406 e. The van der Waals surface area contributed by atoms with Gasteiger partial charge in [-0.2, -0.15) is 13.2 Å². The summed E-state index contributed by atoms with van der Waals surface area (Å²) in [6.07, 6.45) is -4.36. The van der Waals surface area contributed by atoms with Gasteiger partial charge in [-0.15, -0.1) is 0 Å². The molecule has 0 aliphatic carbocycles. The molecule has 0 atom stereocenters. The van der Waals surface area contributed by atoms with Gasteiger partial charge in [-0.3, -0.25) is 0 Å². The van der Waals surface area contributed by atoms with Crippen molar-refractivity contribution in [3.05, 3.63) is 64.7 Å². The molecule has 0 aromatic heterocycles. The fraction of sp³-hybridized carbons (Fsp3) is 0.235. The molecule has 0 aliphatic rings. The predicted octanol–water partition coefficient (Wildman–Crippen LogP) is 5.41. The lowest BCUT2D eigenvalue weighted by molar-refractivity contribution is -0.138. The third-order valence-corrected chi connectivity index (χ3v) is 4.06. The number of nitrogens with one attached hydrogen (secondary N) is 1. The lowest BCUT2D eigenvalue weighted by Gasteiger charge is -2.27. The molecule has 24 heavy (non-hydrogen) atoms. The number of thiocarbonyl (C=S) groups is 1. The van der Waals surface area contributed by atoms with Crippen molar-refractivity contribution in [2.24, 2.45) is 0 Å². The van der Waals surface area contributed by atoms with E-state index < -0.39 is 12.7 Å². The Morgan fingerprint density at radius 3 is 2.42 bits per heavy atom. The molecule has 0 aliphatic heterocycles. The molecule has 0 bridgehead atoms. The molecule has 0 unspecified atom stereocenters. The van der Waals surface area contributed by atoms with Gasteiger partial charge in [0, 0.05) is 17.3 Å². The third-order valence-electron chi connectivity index (χ3n) is 3.30. The van der Waals surface area contributed by atoms with E-state index in [-0.39, 0.29) is 11.7 Å². The maximum atomic E-state index is 12.9. The molecule has 1 N–H and O–H groups in total. The van der Waals surface area contributed by atoms with Crippen LogP contribution in [0.15, 0.2) is 48.5 Å². The average Bonchev–Trinajstić information content (AvgIpc) is 2.50. The summed E-state index contributed by atoms with van der Waals surface area (Å²) >= 11 is 11.2. The standard InChI is InChI=1S/C17H16ClF3N2S/c1-12-7-8-14(9-15(12)18)22-16(24)23(11-17(19,20)21)10-13-5-3-2-4-6-13/h2-9H,10-11H2,1H3,(H,22,24). The molecular weight excluding hydrogens is 357 g/mol. The Morgan fingerprint density at radius 1 is 1.17 bits per heavy atom. The van der Waals surface area contributed by atoms with Gasteiger partial charge >= 0.3 is 6.18 Å². The summed E-state index contributed by atoms with van der Waals surface area (Å²) in [5.41, 5.74) is 2.17. The van der Waals surface area contributed by atoms with Crippen molar-refractivity contribution in [1.82, 2.24) is 4.90 Å². The van der Waals surface area contributed by atoms with Crippen LogP contribution in [0, 0.1) is 6.92 Å². The number of alkyl halides is 3. The van der Waals surface area contributed by atoms with E-state index in [0.29, 0.717) is 10.7 Å². The molecule has 0 heterocycles. The second kappa shape index (κ2) is 7.85. The Hall–Kier alpha value is -1.79. The third kappa shape index (κ3) is 5.69. The molecule has 0 spiro atoms. The quantitative estimate of drug-likeness (QED) is 0.722. The molecule has 0 amide bonds. The number of aryl methyl sites for hydroxylation is 1. The zero-order chi connectivity index (χ0) is 17.7. The summed E-state index contributed by atoms with van der Waals surface area (Å²) in [5.74, 6) is 0. The summed E-state index contributed by atoms with van der Waals surface area (Å²) in [6.45, 7) is 0.773. The van der Waals surface area contributed by atoms with Gasteiger partial charge in [0.1, 0.15) is 6.54 Å². The van der Waals surface area contributed by atoms with Crippen molar-refractivity contribution >= 4 is 34.6 Å². The van der Waals surface area contributed by atoms with Crippen LogP contribution < -0.4 is 5.32 Å². The average molecular weight is 373 g/mol. The van der Waals surface area contributed by atoms with E-state index in [4.69, 9.17) is 23.8 Å². The van der Waals surface area contributed by atoms with E-state index in [9.17, 15) is 13.2 Å². The highest BCUT2D eigenvalue weighted by atomic mass is 35.5. The minimum absolute atomic E-state index is 0.00361. The molecule has 0 fully saturated rings. The number of anilines is 1. The van der Waals surface area contributed by atoms with Gasteiger partial charge in [0.25, 0.3) is 0 Å². The van der Waals surface area contributed by atoms with Crippen molar-refractivity contribution in [2.45, 2.75) is 19.6 Å². The van der Waals surface area contributed by atoms with E-state index in [0.717, 1.165) is 16.0 Å². The molecule has 0 radical (unpaired) electrons. The normalized spacial score (nSPS) is 11.2.